The van der Waals surface area contributed by atoms with E-state index in [0.29, 0.717) is 49.1 Å². The molecule has 0 aliphatic carbocycles. The lowest BCUT2D eigenvalue weighted by Gasteiger charge is -2.36. The number of nitrogens with zero attached hydrogens (tertiary/aromatic N) is 4. The number of pyridine rings is 1. The van der Waals surface area contributed by atoms with Gasteiger partial charge in [-0.05, 0) is 29.7 Å². The van der Waals surface area contributed by atoms with Gasteiger partial charge in [0.1, 0.15) is 5.65 Å². The van der Waals surface area contributed by atoms with Crippen molar-refractivity contribution < 1.29 is 9.90 Å². The smallest absolute Gasteiger partial charge is 0.274 e. The Morgan fingerprint density at radius 1 is 1.18 bits per heavy atom. The van der Waals surface area contributed by atoms with Crippen LogP contribution in [0.3, 0.4) is 0 Å². The van der Waals surface area contributed by atoms with Gasteiger partial charge in [0.25, 0.3) is 5.91 Å². The van der Waals surface area contributed by atoms with Crippen LogP contribution in [-0.2, 0) is 19.5 Å². The molecule has 1 saturated heterocycles. The van der Waals surface area contributed by atoms with Gasteiger partial charge in [0.05, 0.1) is 16.8 Å². The number of likely N-dealkylation sites (tertiary alicyclic amines) is 1. The van der Waals surface area contributed by atoms with Gasteiger partial charge < -0.3 is 14.4 Å². The molecule has 6 nitrogen and oxygen atoms in total. The van der Waals surface area contributed by atoms with Crippen molar-refractivity contribution in [2.45, 2.75) is 25.6 Å². The van der Waals surface area contributed by atoms with Crippen molar-refractivity contribution in [2.24, 2.45) is 0 Å². The van der Waals surface area contributed by atoms with Gasteiger partial charge in [0.15, 0.2) is 5.69 Å². The van der Waals surface area contributed by atoms with Gasteiger partial charge in [-0.25, -0.2) is 4.98 Å². The van der Waals surface area contributed by atoms with Crippen molar-refractivity contribution in [3.63, 3.8) is 0 Å². The van der Waals surface area contributed by atoms with Crippen LogP contribution >= 0.6 is 11.6 Å². The Hall–Kier alpha value is -2.41. The molecular formula is C21H21ClN4O2. The van der Waals surface area contributed by atoms with Crippen LogP contribution in [-0.4, -0.2) is 55.9 Å². The number of benzene rings is 1. The first kappa shape index (κ1) is 17.7. The van der Waals surface area contributed by atoms with Gasteiger partial charge in [-0.2, -0.15) is 0 Å². The Morgan fingerprint density at radius 2 is 1.96 bits per heavy atom. The first-order valence-corrected chi connectivity index (χ1v) is 9.89. The minimum absolute atomic E-state index is 0.0506. The van der Waals surface area contributed by atoms with Gasteiger partial charge in [0, 0.05) is 38.9 Å². The maximum Gasteiger partial charge on any atom is 0.274 e. The molecule has 1 aromatic carbocycles. The van der Waals surface area contributed by atoms with E-state index >= 15 is 0 Å². The SMILES string of the molecule is O=C(c1nc2ccc(Cl)cn2c1CN1CC(O)C1)N1CCc2ccccc2C1. The van der Waals surface area contributed by atoms with Gasteiger partial charge in [0.2, 0.25) is 0 Å². The summed E-state index contributed by atoms with van der Waals surface area (Å²) in [4.78, 5) is 22.0. The highest BCUT2D eigenvalue weighted by atomic mass is 35.5. The van der Waals surface area contributed by atoms with E-state index in [-0.39, 0.29) is 12.0 Å². The number of halogens is 1. The number of aliphatic hydroxyl groups excluding tert-OH is 1. The Kier molecular flexibility index (Phi) is 4.34. The van der Waals surface area contributed by atoms with Gasteiger partial charge in [-0.3, -0.25) is 9.69 Å². The molecule has 4 heterocycles. The van der Waals surface area contributed by atoms with Crippen molar-refractivity contribution in [3.8, 4) is 0 Å². The third kappa shape index (κ3) is 3.07. The summed E-state index contributed by atoms with van der Waals surface area (Å²) < 4.78 is 1.90. The van der Waals surface area contributed by atoms with Crippen molar-refractivity contribution >= 4 is 23.2 Å². The molecule has 1 N–H and O–H groups in total. The van der Waals surface area contributed by atoms with Crippen LogP contribution in [0.15, 0.2) is 42.6 Å². The van der Waals surface area contributed by atoms with Crippen LogP contribution in [0.2, 0.25) is 5.02 Å². The fourth-order valence-electron chi connectivity index (χ4n) is 4.09. The molecule has 0 bridgehead atoms. The molecule has 2 aliphatic rings. The Labute approximate surface area is 168 Å². The maximum atomic E-state index is 13.4. The number of fused-ring (bicyclic) bond motifs is 2. The zero-order valence-electron chi connectivity index (χ0n) is 15.4. The normalized spacial score (nSPS) is 17.6. The molecule has 3 aromatic rings. The number of carbonyl (C=O) groups excluding carboxylic acids is 1. The molecule has 0 unspecified atom stereocenters. The van der Waals surface area contributed by atoms with E-state index in [0.717, 1.165) is 12.1 Å². The summed E-state index contributed by atoms with van der Waals surface area (Å²) in [7, 11) is 0. The minimum atomic E-state index is -0.291. The Balaban J connectivity index is 1.50. The molecule has 0 radical (unpaired) electrons. The number of amides is 1. The van der Waals surface area contributed by atoms with Gasteiger partial charge in [-0.1, -0.05) is 35.9 Å². The van der Waals surface area contributed by atoms with Crippen molar-refractivity contribution in [2.75, 3.05) is 19.6 Å². The van der Waals surface area contributed by atoms with Crippen LogP contribution in [0.1, 0.15) is 27.3 Å². The Morgan fingerprint density at radius 3 is 2.75 bits per heavy atom. The topological polar surface area (TPSA) is 61.1 Å². The lowest BCUT2D eigenvalue weighted by Crippen LogP contribution is -2.50. The van der Waals surface area contributed by atoms with Crippen molar-refractivity contribution in [3.05, 3.63) is 70.1 Å². The molecule has 144 valence electrons. The minimum Gasteiger partial charge on any atom is -0.390 e. The summed E-state index contributed by atoms with van der Waals surface area (Å²) in [5.41, 5.74) is 4.52. The highest BCUT2D eigenvalue weighted by Gasteiger charge is 2.30. The van der Waals surface area contributed by atoms with Crippen LogP contribution < -0.4 is 0 Å². The summed E-state index contributed by atoms with van der Waals surface area (Å²) >= 11 is 6.19. The van der Waals surface area contributed by atoms with Crippen LogP contribution in [0.5, 0.6) is 0 Å². The number of imidazole rings is 1. The van der Waals surface area contributed by atoms with E-state index in [1.165, 1.54) is 11.1 Å². The van der Waals surface area contributed by atoms with Gasteiger partial charge in [-0.15, -0.1) is 0 Å². The van der Waals surface area contributed by atoms with E-state index in [4.69, 9.17) is 11.6 Å². The molecule has 1 fully saturated rings. The van der Waals surface area contributed by atoms with Gasteiger partial charge >= 0.3 is 0 Å². The zero-order valence-corrected chi connectivity index (χ0v) is 16.1. The molecular weight excluding hydrogens is 376 g/mol. The van der Waals surface area contributed by atoms with E-state index < -0.39 is 0 Å². The number of aromatic nitrogens is 2. The fraction of sp³-hybridized carbons (Fsp3) is 0.333. The van der Waals surface area contributed by atoms with E-state index in [9.17, 15) is 9.90 Å². The highest BCUT2D eigenvalue weighted by Crippen LogP contribution is 2.25. The number of aliphatic hydroxyl groups is 1. The number of carbonyl (C=O) groups is 1. The standard InChI is InChI=1S/C21H21ClN4O2/c22-16-5-6-19-23-20(18(26(19)10-16)13-24-11-17(27)12-24)21(28)25-8-7-14-3-1-2-4-15(14)9-25/h1-6,10,17,27H,7-9,11-13H2. The van der Waals surface area contributed by atoms with Crippen molar-refractivity contribution in [1.29, 1.82) is 0 Å². The second-order valence-corrected chi connectivity index (χ2v) is 8.01. The number of hydrogen-bond donors (Lipinski definition) is 1. The second kappa shape index (κ2) is 6.88. The van der Waals surface area contributed by atoms with E-state index in [1.54, 1.807) is 12.3 Å². The van der Waals surface area contributed by atoms with Crippen LogP contribution in [0.4, 0.5) is 0 Å². The predicted molar refractivity (Wildman–Crippen MR) is 106 cm³/mol. The second-order valence-electron chi connectivity index (χ2n) is 7.58. The summed E-state index contributed by atoms with van der Waals surface area (Å²) in [6.45, 7) is 3.07. The van der Waals surface area contributed by atoms with Crippen molar-refractivity contribution in [1.82, 2.24) is 19.2 Å². The summed E-state index contributed by atoms with van der Waals surface area (Å²) in [6.07, 6.45) is 2.37. The summed E-state index contributed by atoms with van der Waals surface area (Å²) in [5.74, 6) is -0.0506. The Bertz CT molecular complexity index is 1060. The third-order valence-corrected chi connectivity index (χ3v) is 5.84. The lowest BCUT2D eigenvalue weighted by molar-refractivity contribution is -0.00383. The molecule has 2 aliphatic heterocycles. The average molecular weight is 397 g/mol. The highest BCUT2D eigenvalue weighted by molar-refractivity contribution is 6.30. The third-order valence-electron chi connectivity index (χ3n) is 5.61. The quantitative estimate of drug-likeness (QED) is 0.738. The zero-order chi connectivity index (χ0) is 19.3. The predicted octanol–water partition coefficient (Wildman–Crippen LogP) is 2.36. The molecule has 1 amide bonds. The first-order valence-electron chi connectivity index (χ1n) is 9.51. The number of hydrogen-bond acceptors (Lipinski definition) is 4. The summed E-state index contributed by atoms with van der Waals surface area (Å²) in [6, 6.07) is 11.9. The molecule has 28 heavy (non-hydrogen) atoms. The van der Waals surface area contributed by atoms with Crippen LogP contribution in [0.25, 0.3) is 5.65 Å². The lowest BCUT2D eigenvalue weighted by atomic mass is 9.99. The molecule has 0 saturated carbocycles. The first-order chi connectivity index (χ1) is 13.6. The van der Waals surface area contributed by atoms with E-state index in [2.05, 4.69) is 22.0 Å². The molecule has 7 heteroatoms. The molecule has 2 aromatic heterocycles. The molecule has 0 spiro atoms. The monoisotopic (exact) mass is 396 g/mol. The molecule has 0 atom stereocenters. The van der Waals surface area contributed by atoms with Crippen LogP contribution in [0, 0.1) is 0 Å². The largest absolute Gasteiger partial charge is 0.390 e. The number of β-amino-alcohol motifs (C(OH)–C–C–N with tert-alkyl or cyclic N) is 1. The average Bonchev–Trinajstić information content (AvgIpc) is 3.03. The van der Waals surface area contributed by atoms with E-state index in [1.807, 2.05) is 27.5 Å². The summed E-state index contributed by atoms with van der Waals surface area (Å²) in [5, 5.41) is 10.2. The fourth-order valence-corrected chi connectivity index (χ4v) is 4.25. The molecule has 5 rings (SSSR count). The maximum absolute atomic E-state index is 13.4. The number of rotatable bonds is 3.